The Morgan fingerprint density at radius 1 is 1.52 bits per heavy atom. The van der Waals surface area contributed by atoms with E-state index >= 15 is 0 Å². The van der Waals surface area contributed by atoms with Gasteiger partial charge in [0.25, 0.3) is 0 Å². The van der Waals surface area contributed by atoms with Crippen molar-refractivity contribution in [3.8, 4) is 0 Å². The summed E-state index contributed by atoms with van der Waals surface area (Å²) in [5.74, 6) is -0.0141. The molecule has 1 aromatic carbocycles. The van der Waals surface area contributed by atoms with E-state index in [4.69, 9.17) is 16.3 Å². The Morgan fingerprint density at radius 3 is 2.90 bits per heavy atom. The number of benzene rings is 1. The van der Waals surface area contributed by atoms with Gasteiger partial charge in [-0.1, -0.05) is 37.6 Å². The Morgan fingerprint density at radius 2 is 2.29 bits per heavy atom. The fraction of sp³-hybridized carbons (Fsp3) is 0.533. The Hall–Kier alpha value is -0.810. The summed E-state index contributed by atoms with van der Waals surface area (Å²) >= 11 is 6.02. The number of ether oxygens (including phenoxy) is 1. The van der Waals surface area contributed by atoms with Crippen molar-refractivity contribution in [1.29, 1.82) is 0 Å². The molecule has 1 saturated heterocycles. The van der Waals surface area contributed by atoms with Crippen molar-refractivity contribution in [3.05, 3.63) is 34.9 Å². The van der Waals surface area contributed by atoms with Crippen LogP contribution in [-0.2, 0) is 14.9 Å². The van der Waals surface area contributed by atoms with E-state index in [2.05, 4.69) is 24.5 Å². The van der Waals surface area contributed by atoms with Crippen LogP contribution in [-0.4, -0.2) is 38.3 Å². The van der Waals surface area contributed by atoms with Gasteiger partial charge in [0, 0.05) is 23.5 Å². The van der Waals surface area contributed by atoms with Crippen LogP contribution in [0.25, 0.3) is 0 Å². The van der Waals surface area contributed by atoms with Crippen LogP contribution in [0, 0.1) is 0 Å². The standard InChI is InChI=1S/C15H21ClN2O2.ClH/c1-15(2,11-4-3-5-12(16)8-11)10-18-14(19)13-9-20-7-6-17-13;/h3-5,8,13,17H,6-7,9-10H2,1-2H3,(H,18,19);1H. The van der Waals surface area contributed by atoms with Gasteiger partial charge in [0.15, 0.2) is 0 Å². The van der Waals surface area contributed by atoms with Crippen molar-refractivity contribution in [2.24, 2.45) is 0 Å². The molecule has 2 N–H and O–H groups in total. The van der Waals surface area contributed by atoms with E-state index in [-0.39, 0.29) is 29.8 Å². The minimum absolute atomic E-state index is 0. The van der Waals surface area contributed by atoms with Gasteiger partial charge in [-0.3, -0.25) is 4.79 Å². The largest absolute Gasteiger partial charge is 0.378 e. The summed E-state index contributed by atoms with van der Waals surface area (Å²) in [6, 6.07) is 7.50. The van der Waals surface area contributed by atoms with Gasteiger partial charge in [-0.15, -0.1) is 12.4 Å². The highest BCUT2D eigenvalue weighted by Crippen LogP contribution is 2.24. The molecule has 1 aliphatic rings. The topological polar surface area (TPSA) is 50.4 Å². The van der Waals surface area contributed by atoms with Crippen LogP contribution >= 0.6 is 24.0 Å². The lowest BCUT2D eigenvalue weighted by Gasteiger charge is -2.28. The molecule has 21 heavy (non-hydrogen) atoms. The van der Waals surface area contributed by atoms with Crippen molar-refractivity contribution < 1.29 is 9.53 Å². The average Bonchev–Trinajstić information content (AvgIpc) is 2.46. The first-order valence-corrected chi connectivity index (χ1v) is 7.22. The summed E-state index contributed by atoms with van der Waals surface area (Å²) in [5.41, 5.74) is 0.939. The maximum atomic E-state index is 12.1. The van der Waals surface area contributed by atoms with Gasteiger partial charge < -0.3 is 15.4 Å². The van der Waals surface area contributed by atoms with Crippen molar-refractivity contribution in [2.75, 3.05) is 26.3 Å². The molecule has 0 aromatic heterocycles. The normalized spacial score (nSPS) is 18.7. The summed E-state index contributed by atoms with van der Waals surface area (Å²) in [5, 5.41) is 6.84. The monoisotopic (exact) mass is 332 g/mol. The summed E-state index contributed by atoms with van der Waals surface area (Å²) in [4.78, 5) is 12.1. The zero-order valence-corrected chi connectivity index (χ0v) is 13.9. The van der Waals surface area contributed by atoms with Crippen molar-refractivity contribution in [2.45, 2.75) is 25.3 Å². The fourth-order valence-corrected chi connectivity index (χ4v) is 2.37. The van der Waals surface area contributed by atoms with Gasteiger partial charge in [0.1, 0.15) is 6.04 Å². The maximum absolute atomic E-state index is 12.1. The zero-order valence-electron chi connectivity index (χ0n) is 12.3. The number of hydrogen-bond donors (Lipinski definition) is 2. The molecule has 118 valence electrons. The molecular weight excluding hydrogens is 311 g/mol. The summed E-state index contributed by atoms with van der Waals surface area (Å²) in [7, 11) is 0. The predicted octanol–water partition coefficient (Wildman–Crippen LogP) is 2.14. The summed E-state index contributed by atoms with van der Waals surface area (Å²) in [6.07, 6.45) is 0. The third kappa shape index (κ3) is 5.15. The van der Waals surface area contributed by atoms with E-state index in [1.54, 1.807) is 0 Å². The van der Waals surface area contributed by atoms with Crippen LogP contribution in [0.1, 0.15) is 19.4 Å². The average molecular weight is 333 g/mol. The van der Waals surface area contributed by atoms with Gasteiger partial charge in [-0.2, -0.15) is 0 Å². The molecule has 0 aliphatic carbocycles. The predicted molar refractivity (Wildman–Crippen MR) is 87.3 cm³/mol. The first kappa shape index (κ1) is 18.2. The van der Waals surface area contributed by atoms with E-state index < -0.39 is 0 Å². The highest BCUT2D eigenvalue weighted by atomic mass is 35.5. The molecule has 1 aromatic rings. The van der Waals surface area contributed by atoms with Gasteiger partial charge in [0.2, 0.25) is 5.91 Å². The second kappa shape index (κ2) is 7.99. The minimum Gasteiger partial charge on any atom is -0.378 e. The van der Waals surface area contributed by atoms with Crippen LogP contribution < -0.4 is 10.6 Å². The van der Waals surface area contributed by atoms with Crippen LogP contribution in [0.3, 0.4) is 0 Å². The number of hydrogen-bond acceptors (Lipinski definition) is 3. The molecule has 1 atom stereocenters. The quantitative estimate of drug-likeness (QED) is 0.888. The molecule has 0 spiro atoms. The number of amides is 1. The highest BCUT2D eigenvalue weighted by molar-refractivity contribution is 6.30. The lowest BCUT2D eigenvalue weighted by molar-refractivity contribution is -0.126. The maximum Gasteiger partial charge on any atom is 0.239 e. The Balaban J connectivity index is 0.00000220. The molecule has 2 rings (SSSR count). The van der Waals surface area contributed by atoms with Gasteiger partial charge in [0.05, 0.1) is 13.2 Å². The summed E-state index contributed by atoms with van der Waals surface area (Å²) < 4.78 is 5.29. The molecule has 1 heterocycles. The van der Waals surface area contributed by atoms with Gasteiger partial charge in [-0.05, 0) is 17.7 Å². The van der Waals surface area contributed by atoms with Crippen LogP contribution in [0.4, 0.5) is 0 Å². The van der Waals surface area contributed by atoms with Gasteiger partial charge >= 0.3 is 0 Å². The third-order valence-corrected chi connectivity index (χ3v) is 3.78. The summed E-state index contributed by atoms with van der Waals surface area (Å²) in [6.45, 7) is 6.55. The van der Waals surface area contributed by atoms with Crippen molar-refractivity contribution >= 4 is 29.9 Å². The van der Waals surface area contributed by atoms with E-state index in [9.17, 15) is 4.79 Å². The number of rotatable bonds is 4. The van der Waals surface area contributed by atoms with Gasteiger partial charge in [-0.25, -0.2) is 0 Å². The molecule has 1 aliphatic heterocycles. The number of morpholine rings is 1. The smallest absolute Gasteiger partial charge is 0.239 e. The van der Waals surface area contributed by atoms with E-state index in [1.807, 2.05) is 24.3 Å². The number of nitrogens with one attached hydrogen (secondary N) is 2. The molecule has 1 fully saturated rings. The van der Waals surface area contributed by atoms with Crippen molar-refractivity contribution in [1.82, 2.24) is 10.6 Å². The first-order chi connectivity index (χ1) is 9.49. The van der Waals surface area contributed by atoms with Crippen LogP contribution in [0.5, 0.6) is 0 Å². The highest BCUT2D eigenvalue weighted by Gasteiger charge is 2.25. The minimum atomic E-state index is -0.251. The molecule has 1 amide bonds. The molecule has 4 nitrogen and oxygen atoms in total. The first-order valence-electron chi connectivity index (χ1n) is 6.84. The molecule has 6 heteroatoms. The molecule has 0 radical (unpaired) electrons. The van der Waals surface area contributed by atoms with E-state index in [0.29, 0.717) is 24.8 Å². The molecule has 1 unspecified atom stereocenters. The molecular formula is C15H22Cl2N2O2. The SMILES string of the molecule is CC(C)(CNC(=O)C1COCCN1)c1cccc(Cl)c1.Cl. The lowest BCUT2D eigenvalue weighted by atomic mass is 9.84. The van der Waals surface area contributed by atoms with Crippen LogP contribution in [0.15, 0.2) is 24.3 Å². The molecule has 0 saturated carbocycles. The van der Waals surface area contributed by atoms with E-state index in [1.165, 1.54) is 0 Å². The van der Waals surface area contributed by atoms with Crippen molar-refractivity contribution in [3.63, 3.8) is 0 Å². The van der Waals surface area contributed by atoms with Crippen LogP contribution in [0.2, 0.25) is 5.02 Å². The Kier molecular flexibility index (Phi) is 6.94. The molecule has 0 bridgehead atoms. The fourth-order valence-electron chi connectivity index (χ4n) is 2.18. The zero-order chi connectivity index (χ0) is 14.6. The Bertz CT molecular complexity index is 474. The number of halogens is 2. The van der Waals surface area contributed by atoms with E-state index in [0.717, 1.165) is 12.1 Å². The second-order valence-corrected chi connectivity index (χ2v) is 6.13. The third-order valence-electron chi connectivity index (χ3n) is 3.55. The number of carbonyl (C=O) groups is 1. The second-order valence-electron chi connectivity index (χ2n) is 5.69. The Labute approximate surface area is 137 Å². The lowest BCUT2D eigenvalue weighted by Crippen LogP contribution is -2.52. The number of carbonyl (C=O) groups excluding carboxylic acids is 1.